The Balaban J connectivity index is 2.02. The van der Waals surface area contributed by atoms with Crippen molar-refractivity contribution in [2.24, 2.45) is 5.73 Å². The number of benzene rings is 2. The van der Waals surface area contributed by atoms with Gasteiger partial charge in [-0.25, -0.2) is 22.0 Å². The Kier molecular flexibility index (Phi) is 11.4. The molecule has 2 aromatic rings. The fourth-order valence-electron chi connectivity index (χ4n) is 5.02. The Labute approximate surface area is 252 Å². The third-order valence-corrected chi connectivity index (χ3v) is 9.25. The minimum absolute atomic E-state index is 0.0827. The number of carbonyl (C=O) groups is 2. The lowest BCUT2D eigenvalue weighted by molar-refractivity contribution is -0.138. The smallest absolute Gasteiger partial charge is 0.416 e. The maximum absolute atomic E-state index is 14.1. The summed E-state index contributed by atoms with van der Waals surface area (Å²) in [4.78, 5) is 27.3. The van der Waals surface area contributed by atoms with Crippen LogP contribution in [0.3, 0.4) is 0 Å². The van der Waals surface area contributed by atoms with Gasteiger partial charge in [0.1, 0.15) is 17.7 Å². The number of nitrogens with one attached hydrogen (secondary N) is 1. The van der Waals surface area contributed by atoms with Crippen LogP contribution in [0.4, 0.5) is 26.7 Å². The van der Waals surface area contributed by atoms with E-state index in [9.17, 15) is 45.1 Å². The van der Waals surface area contributed by atoms with Gasteiger partial charge in [-0.1, -0.05) is 25.5 Å². The maximum Gasteiger partial charge on any atom is 0.416 e. The van der Waals surface area contributed by atoms with Gasteiger partial charge < -0.3 is 25.8 Å². The van der Waals surface area contributed by atoms with Gasteiger partial charge in [0.25, 0.3) is 0 Å². The highest BCUT2D eigenvalue weighted by Gasteiger charge is 2.54. The molecule has 0 spiro atoms. The highest BCUT2D eigenvalue weighted by molar-refractivity contribution is 7.91. The number of methoxy groups -OCH3 is 1. The topological polar surface area (TPSA) is 139 Å². The molecule has 0 heterocycles. The van der Waals surface area contributed by atoms with Crippen LogP contribution in [0.5, 0.6) is 0 Å². The van der Waals surface area contributed by atoms with Crippen molar-refractivity contribution >= 4 is 21.8 Å². The molecular formula is C29H36F5N3O6S. The molecule has 2 aromatic carbocycles. The number of hydrogen-bond acceptors (Lipinski definition) is 7. The molecule has 44 heavy (non-hydrogen) atoms. The molecule has 0 saturated heterocycles. The van der Waals surface area contributed by atoms with Crippen LogP contribution in [-0.2, 0) is 37.5 Å². The highest BCUT2D eigenvalue weighted by atomic mass is 32.2. The van der Waals surface area contributed by atoms with Crippen LogP contribution < -0.4 is 11.1 Å². The molecule has 3 rings (SSSR count). The lowest BCUT2D eigenvalue weighted by atomic mass is 9.96. The summed E-state index contributed by atoms with van der Waals surface area (Å²) in [5.41, 5.74) is 3.96. The minimum Gasteiger partial charge on any atom is -0.453 e. The number of nitrogens with two attached hydrogens (primary N) is 1. The molecule has 0 bridgehead atoms. The zero-order valence-electron chi connectivity index (χ0n) is 24.2. The summed E-state index contributed by atoms with van der Waals surface area (Å²) >= 11 is 0. The Morgan fingerprint density at radius 3 is 2.32 bits per heavy atom. The van der Waals surface area contributed by atoms with E-state index in [4.69, 9.17) is 5.73 Å². The number of amides is 2. The second kappa shape index (κ2) is 14.2. The van der Waals surface area contributed by atoms with Crippen molar-refractivity contribution in [2.75, 3.05) is 25.2 Å². The van der Waals surface area contributed by atoms with E-state index in [1.165, 1.54) is 12.1 Å². The van der Waals surface area contributed by atoms with Crippen molar-refractivity contribution in [3.05, 3.63) is 70.8 Å². The number of halogens is 5. The summed E-state index contributed by atoms with van der Waals surface area (Å²) in [7, 11) is -2.91. The molecule has 15 heteroatoms. The molecule has 3 atom stereocenters. The molecule has 1 fully saturated rings. The van der Waals surface area contributed by atoms with Crippen molar-refractivity contribution < 1.29 is 49.8 Å². The lowest BCUT2D eigenvalue weighted by Gasteiger charge is -2.38. The van der Waals surface area contributed by atoms with Gasteiger partial charge in [-0.3, -0.25) is 4.79 Å². The third kappa shape index (κ3) is 9.11. The van der Waals surface area contributed by atoms with Crippen molar-refractivity contribution in [1.29, 1.82) is 0 Å². The molecule has 2 amide bonds. The Hall–Kier alpha value is -3.30. The average Bonchev–Trinajstić information content (AvgIpc) is 3.74. The molecule has 4 N–H and O–H groups in total. The van der Waals surface area contributed by atoms with E-state index < -0.39 is 81.2 Å². The molecule has 0 radical (unpaired) electrons. The molecule has 1 aliphatic carbocycles. The number of alkyl halides is 3. The largest absolute Gasteiger partial charge is 0.453 e. The zero-order chi connectivity index (χ0) is 32.9. The summed E-state index contributed by atoms with van der Waals surface area (Å²) in [5, 5.41) is 13.3. The van der Waals surface area contributed by atoms with Crippen molar-refractivity contribution in [3.63, 3.8) is 0 Å². The lowest BCUT2D eigenvalue weighted by Crippen LogP contribution is -2.58. The number of rotatable bonds is 14. The summed E-state index contributed by atoms with van der Waals surface area (Å²) in [6.07, 6.45) is -6.50. The first kappa shape index (κ1) is 35.2. The van der Waals surface area contributed by atoms with Crippen LogP contribution in [0.25, 0.3) is 0 Å². The second-order valence-corrected chi connectivity index (χ2v) is 13.2. The number of sulfone groups is 1. The van der Waals surface area contributed by atoms with Crippen LogP contribution >= 0.6 is 0 Å². The first-order valence-electron chi connectivity index (χ1n) is 13.9. The number of hydrogen-bond donors (Lipinski definition) is 3. The number of aliphatic hydroxyl groups excluding tert-OH is 1. The molecule has 1 aliphatic rings. The summed E-state index contributed by atoms with van der Waals surface area (Å²) < 4.78 is 98.5. The third-order valence-electron chi connectivity index (χ3n) is 7.50. The minimum atomic E-state index is -4.70. The summed E-state index contributed by atoms with van der Waals surface area (Å²) in [6, 6.07) is 4.04. The molecule has 0 unspecified atom stereocenters. The van der Waals surface area contributed by atoms with E-state index in [1.54, 1.807) is 6.92 Å². The molecule has 244 valence electrons. The quantitative estimate of drug-likeness (QED) is 0.266. The zero-order valence-corrected chi connectivity index (χ0v) is 25.1. The predicted octanol–water partition coefficient (Wildman–Crippen LogP) is 3.67. The Bertz CT molecular complexity index is 1410. The van der Waals surface area contributed by atoms with Gasteiger partial charge in [0.05, 0.1) is 35.8 Å². The van der Waals surface area contributed by atoms with Crippen molar-refractivity contribution in [2.45, 2.75) is 68.9 Å². The fourth-order valence-corrected chi connectivity index (χ4v) is 6.65. The van der Waals surface area contributed by atoms with E-state index in [1.807, 2.05) is 0 Å². The normalized spacial score (nSPS) is 16.5. The predicted molar refractivity (Wildman–Crippen MR) is 151 cm³/mol. The van der Waals surface area contributed by atoms with E-state index in [2.05, 4.69) is 10.1 Å². The van der Waals surface area contributed by atoms with Crippen LogP contribution in [0.2, 0.25) is 0 Å². The van der Waals surface area contributed by atoms with Gasteiger partial charge in [-0.05, 0) is 61.1 Å². The molecule has 0 aliphatic heterocycles. The molecule has 1 saturated carbocycles. The second-order valence-electron chi connectivity index (χ2n) is 10.9. The monoisotopic (exact) mass is 649 g/mol. The Morgan fingerprint density at radius 2 is 1.77 bits per heavy atom. The van der Waals surface area contributed by atoms with Crippen LogP contribution in [0.1, 0.15) is 49.3 Å². The first-order chi connectivity index (χ1) is 20.5. The number of aliphatic hydroxyl groups is 1. The van der Waals surface area contributed by atoms with Gasteiger partial charge in [-0.15, -0.1) is 0 Å². The SMILES string of the molecule is CCCCS(=O)(=O)C[C@@H](NC(=O)OC)C(=O)N(C[C@@H](O)[C@@H](N)Cc1cc(F)cc(F)c1)C1(c2cccc(C(F)(F)F)c2)CC1. The molecular weight excluding hydrogens is 613 g/mol. The average molecular weight is 650 g/mol. The number of alkyl carbamates (subject to hydrolysis) is 1. The fraction of sp³-hybridized carbons (Fsp3) is 0.517. The van der Waals surface area contributed by atoms with Gasteiger partial charge in [0.15, 0.2) is 9.84 Å². The number of nitrogens with zero attached hydrogens (tertiary/aromatic N) is 1. The van der Waals surface area contributed by atoms with E-state index in [0.29, 0.717) is 12.5 Å². The van der Waals surface area contributed by atoms with Crippen LogP contribution in [0, 0.1) is 11.6 Å². The van der Waals surface area contributed by atoms with Crippen molar-refractivity contribution in [1.82, 2.24) is 10.2 Å². The standard InChI is InChI=1S/C29H36F5N3O6S/c1-3-4-10-44(41,42)17-24(36-27(40)43-2)26(39)37(16-25(38)23(35)13-18-11-21(30)15-22(31)12-18)28(8-9-28)19-6-5-7-20(14-19)29(32,33)34/h5-7,11-12,14-15,23-25,38H,3-4,8-10,13,16-17,35H2,1-2H3,(H,36,40)/t23-,24+,25+/m0/s1. The highest BCUT2D eigenvalue weighted by Crippen LogP contribution is 2.52. The number of carbonyl (C=O) groups excluding carboxylic acids is 2. The Morgan fingerprint density at radius 1 is 1.14 bits per heavy atom. The van der Waals surface area contributed by atoms with Crippen molar-refractivity contribution in [3.8, 4) is 0 Å². The van der Waals surface area contributed by atoms with E-state index in [-0.39, 0.29) is 42.6 Å². The van der Waals surface area contributed by atoms with Crippen LogP contribution in [-0.4, -0.2) is 73.8 Å². The molecule has 9 nitrogen and oxygen atoms in total. The summed E-state index contributed by atoms with van der Waals surface area (Å²) in [6.45, 7) is 1.17. The van der Waals surface area contributed by atoms with E-state index >= 15 is 0 Å². The van der Waals surface area contributed by atoms with Gasteiger partial charge in [0, 0.05) is 18.7 Å². The van der Waals surface area contributed by atoms with E-state index in [0.717, 1.165) is 36.3 Å². The van der Waals surface area contributed by atoms with Crippen LogP contribution in [0.15, 0.2) is 42.5 Å². The van der Waals surface area contributed by atoms with Gasteiger partial charge >= 0.3 is 12.3 Å². The summed E-state index contributed by atoms with van der Waals surface area (Å²) in [5.74, 6) is -3.86. The molecule has 0 aromatic heterocycles. The number of ether oxygens (including phenoxy) is 1. The van der Waals surface area contributed by atoms with Gasteiger partial charge in [0.2, 0.25) is 5.91 Å². The van der Waals surface area contributed by atoms with Gasteiger partial charge in [-0.2, -0.15) is 13.2 Å². The number of unbranched alkanes of at least 4 members (excludes halogenated alkanes) is 1. The maximum atomic E-state index is 14.1. The first-order valence-corrected chi connectivity index (χ1v) is 15.8.